The molecule has 0 aromatic heterocycles. The molecule has 2 N–H and O–H groups in total. The molecule has 9 atom stereocenters. The summed E-state index contributed by atoms with van der Waals surface area (Å²) < 4.78 is 0. The van der Waals surface area contributed by atoms with Crippen molar-refractivity contribution in [2.45, 2.75) is 120 Å². The van der Waals surface area contributed by atoms with E-state index in [2.05, 4.69) is 22.5 Å². The first-order valence-corrected chi connectivity index (χ1v) is 14.9. The highest BCUT2D eigenvalue weighted by Crippen LogP contribution is 2.68. The topological polar surface area (TPSA) is 78.5 Å². The Kier molecular flexibility index (Phi) is 5.22. The molecule has 35 heavy (non-hydrogen) atoms. The summed E-state index contributed by atoms with van der Waals surface area (Å²) in [6.45, 7) is 3.17. The van der Waals surface area contributed by atoms with Gasteiger partial charge in [-0.05, 0) is 76.2 Å². The second-order valence-corrected chi connectivity index (χ2v) is 13.4. The molecular weight excluding hydrogens is 438 g/mol. The van der Waals surface area contributed by atoms with E-state index in [0.29, 0.717) is 5.92 Å². The van der Waals surface area contributed by atoms with E-state index in [1.807, 2.05) is 0 Å². The van der Waals surface area contributed by atoms with Crippen LogP contribution in [0.1, 0.15) is 96.8 Å². The first-order chi connectivity index (χ1) is 17.0. The van der Waals surface area contributed by atoms with Crippen LogP contribution in [0, 0.1) is 35.0 Å². The second kappa shape index (κ2) is 8.03. The Morgan fingerprint density at radius 3 is 2.34 bits per heavy atom. The van der Waals surface area contributed by atoms with Crippen LogP contribution >= 0.6 is 0 Å². The fourth-order valence-corrected chi connectivity index (χ4v) is 10.8. The van der Waals surface area contributed by atoms with Crippen LogP contribution in [-0.4, -0.2) is 52.7 Å². The number of nitrogens with one attached hydrogen (secondary N) is 2. The van der Waals surface area contributed by atoms with Gasteiger partial charge in [-0.2, -0.15) is 0 Å². The Labute approximate surface area is 209 Å². The number of fused-ring (bicyclic) bond motifs is 7. The Morgan fingerprint density at radius 2 is 1.51 bits per heavy atom. The van der Waals surface area contributed by atoms with Crippen molar-refractivity contribution in [3.05, 3.63) is 0 Å². The van der Waals surface area contributed by atoms with E-state index in [-0.39, 0.29) is 53.5 Å². The summed E-state index contributed by atoms with van der Waals surface area (Å²) in [5.74, 6) is 0.940. The number of nitrogens with zero attached hydrogens (tertiary/aromatic N) is 1. The van der Waals surface area contributed by atoms with Crippen molar-refractivity contribution >= 4 is 17.6 Å². The molecule has 4 saturated heterocycles. The van der Waals surface area contributed by atoms with Crippen molar-refractivity contribution in [1.29, 1.82) is 0 Å². The zero-order chi connectivity index (χ0) is 23.9. The molecule has 0 bridgehead atoms. The van der Waals surface area contributed by atoms with Crippen LogP contribution in [0.15, 0.2) is 0 Å². The van der Waals surface area contributed by atoms with Gasteiger partial charge in [0.1, 0.15) is 11.3 Å². The average molecular weight is 482 g/mol. The fraction of sp³-hybridized carbons (Fsp3) is 0.897. The minimum Gasteiger partial charge on any atom is -0.352 e. The largest absolute Gasteiger partial charge is 0.352 e. The lowest BCUT2D eigenvalue weighted by molar-refractivity contribution is -0.149. The van der Waals surface area contributed by atoms with E-state index in [4.69, 9.17) is 0 Å². The lowest BCUT2D eigenvalue weighted by Crippen LogP contribution is -2.62. The minimum absolute atomic E-state index is 0.0193. The Balaban J connectivity index is 1.44. The number of carbonyl (C=O) groups is 3. The van der Waals surface area contributed by atoms with Crippen molar-refractivity contribution in [2.75, 3.05) is 6.54 Å². The van der Waals surface area contributed by atoms with Gasteiger partial charge >= 0.3 is 0 Å². The van der Waals surface area contributed by atoms with Crippen molar-refractivity contribution in [3.63, 3.8) is 0 Å². The van der Waals surface area contributed by atoms with Crippen LogP contribution in [0.2, 0.25) is 0 Å². The van der Waals surface area contributed by atoms with E-state index in [1.54, 1.807) is 0 Å². The molecule has 0 aromatic carbocycles. The third-order valence-corrected chi connectivity index (χ3v) is 11.9. The molecule has 3 saturated carbocycles. The van der Waals surface area contributed by atoms with Crippen LogP contribution in [0.4, 0.5) is 0 Å². The van der Waals surface area contributed by atoms with E-state index < -0.39 is 16.9 Å². The van der Waals surface area contributed by atoms with Crippen LogP contribution < -0.4 is 10.6 Å². The molecule has 7 fully saturated rings. The SMILES string of the molecule is CC1CCC2NC(=O)C3(C2C1)C(C(=O)C1CCCCC1)C1(C(=O)NC2CCCCC21)C1CCCN13. The summed E-state index contributed by atoms with van der Waals surface area (Å²) >= 11 is 0. The van der Waals surface area contributed by atoms with Gasteiger partial charge in [0.15, 0.2) is 0 Å². The summed E-state index contributed by atoms with van der Waals surface area (Å²) in [5.41, 5.74) is -1.54. The number of Topliss-reactive ketones (excluding diaryl/α,β-unsaturated/α-hetero) is 1. The molecule has 9 unspecified atom stereocenters. The fourth-order valence-electron chi connectivity index (χ4n) is 10.8. The van der Waals surface area contributed by atoms with Crippen molar-refractivity contribution in [2.24, 2.45) is 35.0 Å². The van der Waals surface area contributed by atoms with Crippen molar-refractivity contribution in [3.8, 4) is 0 Å². The van der Waals surface area contributed by atoms with Gasteiger partial charge < -0.3 is 10.6 Å². The summed E-state index contributed by atoms with van der Waals surface area (Å²) in [4.78, 5) is 46.1. The number of hydrogen-bond acceptors (Lipinski definition) is 4. The van der Waals surface area contributed by atoms with E-state index in [9.17, 15) is 14.4 Å². The Hall–Kier alpha value is -1.43. The summed E-state index contributed by atoms with van der Waals surface area (Å²) in [7, 11) is 0. The van der Waals surface area contributed by atoms with Gasteiger partial charge in [-0.15, -0.1) is 0 Å². The zero-order valence-corrected chi connectivity index (χ0v) is 21.4. The molecule has 6 heteroatoms. The monoisotopic (exact) mass is 481 g/mol. The van der Waals surface area contributed by atoms with Crippen LogP contribution in [0.3, 0.4) is 0 Å². The molecule has 3 aliphatic carbocycles. The summed E-state index contributed by atoms with van der Waals surface area (Å²) in [6.07, 6.45) is 14.7. The van der Waals surface area contributed by atoms with Gasteiger partial charge in [-0.25, -0.2) is 0 Å². The molecule has 0 radical (unpaired) electrons. The second-order valence-electron chi connectivity index (χ2n) is 13.4. The molecule has 4 heterocycles. The molecule has 2 amide bonds. The van der Waals surface area contributed by atoms with Crippen LogP contribution in [0.5, 0.6) is 0 Å². The van der Waals surface area contributed by atoms with Crippen molar-refractivity contribution < 1.29 is 14.4 Å². The molecule has 7 aliphatic rings. The summed E-state index contributed by atoms with van der Waals surface area (Å²) in [6, 6.07) is 0.374. The normalized spacial score (nSPS) is 49.7. The number of hydrogen-bond donors (Lipinski definition) is 2. The average Bonchev–Trinajstić information content (AvgIpc) is 3.59. The summed E-state index contributed by atoms with van der Waals surface area (Å²) in [5, 5.41) is 6.88. The van der Waals surface area contributed by atoms with Gasteiger partial charge in [-0.3, -0.25) is 19.3 Å². The Morgan fingerprint density at radius 1 is 0.800 bits per heavy atom. The standard InChI is InChI=1S/C29H43N3O3/c1-17-13-14-22-20(16-17)29(27(35)31-22)25(24(33)18-8-3-2-4-9-18)28(23-12-7-15-32(23)29)19-10-5-6-11-21(19)30-26(28)34/h17-23,25H,2-16H2,1H3,(H,30,34)(H,31,35). The molecule has 2 spiro atoms. The van der Waals surface area contributed by atoms with E-state index in [1.165, 1.54) is 6.42 Å². The molecule has 7 rings (SSSR count). The van der Waals surface area contributed by atoms with Crippen LogP contribution in [0.25, 0.3) is 0 Å². The molecule has 192 valence electrons. The van der Waals surface area contributed by atoms with Gasteiger partial charge in [0.05, 0.1) is 11.3 Å². The first kappa shape index (κ1) is 22.7. The third-order valence-electron chi connectivity index (χ3n) is 11.9. The Bertz CT molecular complexity index is 930. The maximum Gasteiger partial charge on any atom is 0.241 e. The maximum absolute atomic E-state index is 14.9. The lowest BCUT2D eigenvalue weighted by atomic mass is 9.52. The highest BCUT2D eigenvalue weighted by Gasteiger charge is 2.82. The predicted molar refractivity (Wildman–Crippen MR) is 132 cm³/mol. The predicted octanol–water partition coefficient (Wildman–Crippen LogP) is 3.58. The number of ketones is 1. The van der Waals surface area contributed by atoms with Crippen molar-refractivity contribution in [1.82, 2.24) is 15.5 Å². The van der Waals surface area contributed by atoms with E-state index >= 15 is 0 Å². The zero-order valence-electron chi connectivity index (χ0n) is 21.4. The van der Waals surface area contributed by atoms with Gasteiger partial charge in [0.25, 0.3) is 0 Å². The lowest BCUT2D eigenvalue weighted by Gasteiger charge is -2.47. The van der Waals surface area contributed by atoms with E-state index in [0.717, 1.165) is 90.0 Å². The third kappa shape index (κ3) is 2.78. The highest BCUT2D eigenvalue weighted by molar-refractivity contribution is 6.04. The van der Waals surface area contributed by atoms with Gasteiger partial charge in [0, 0.05) is 30.0 Å². The van der Waals surface area contributed by atoms with Gasteiger partial charge in [0.2, 0.25) is 11.8 Å². The first-order valence-electron chi connectivity index (χ1n) is 14.9. The number of carbonyl (C=O) groups excluding carboxylic acids is 3. The molecular formula is C29H43N3O3. The molecule has 0 aromatic rings. The molecule has 4 aliphatic heterocycles. The van der Waals surface area contributed by atoms with Gasteiger partial charge in [-0.1, -0.05) is 39.0 Å². The maximum atomic E-state index is 14.9. The highest BCUT2D eigenvalue weighted by atomic mass is 16.2. The number of amides is 2. The van der Waals surface area contributed by atoms with Crippen LogP contribution in [-0.2, 0) is 14.4 Å². The quantitative estimate of drug-likeness (QED) is 0.632. The minimum atomic E-state index is -0.821. The molecule has 6 nitrogen and oxygen atoms in total. The number of rotatable bonds is 2. The smallest absolute Gasteiger partial charge is 0.241 e.